The summed E-state index contributed by atoms with van der Waals surface area (Å²) in [5.74, 6) is -0.653. The predicted molar refractivity (Wildman–Crippen MR) is 82.2 cm³/mol. The first-order valence-corrected chi connectivity index (χ1v) is 7.46. The number of carbonyl (C=O) groups excluding carboxylic acids is 2. The number of esters is 1. The maximum Gasteiger partial charge on any atom is 0.410 e. The van der Waals surface area contributed by atoms with Crippen LogP contribution < -0.4 is 0 Å². The van der Waals surface area contributed by atoms with E-state index in [1.165, 1.54) is 7.11 Å². The van der Waals surface area contributed by atoms with E-state index in [0.717, 1.165) is 5.56 Å². The molecule has 0 radical (unpaired) electrons. The number of amides is 1. The van der Waals surface area contributed by atoms with Crippen molar-refractivity contribution in [2.45, 2.75) is 38.8 Å². The zero-order valence-corrected chi connectivity index (χ0v) is 13.5. The fraction of sp³-hybridized carbons (Fsp3) is 0.529. The van der Waals surface area contributed by atoms with E-state index in [4.69, 9.17) is 9.47 Å². The van der Waals surface area contributed by atoms with Gasteiger partial charge < -0.3 is 14.4 Å². The van der Waals surface area contributed by atoms with Crippen molar-refractivity contribution in [3.63, 3.8) is 0 Å². The van der Waals surface area contributed by atoms with Crippen molar-refractivity contribution in [2.75, 3.05) is 13.7 Å². The Kier molecular flexibility index (Phi) is 4.74. The van der Waals surface area contributed by atoms with Crippen LogP contribution in [0.3, 0.4) is 0 Å². The number of ether oxygens (including phenoxy) is 2. The number of rotatable bonds is 2. The van der Waals surface area contributed by atoms with Crippen LogP contribution in [-0.4, -0.2) is 36.2 Å². The second-order valence-corrected chi connectivity index (χ2v) is 6.45. The molecule has 2 atom stereocenters. The highest BCUT2D eigenvalue weighted by Crippen LogP contribution is 2.38. The van der Waals surface area contributed by atoms with Gasteiger partial charge in [0.15, 0.2) is 0 Å². The van der Waals surface area contributed by atoms with Crippen LogP contribution >= 0.6 is 0 Å². The van der Waals surface area contributed by atoms with Gasteiger partial charge in [0, 0.05) is 6.54 Å². The highest BCUT2D eigenvalue weighted by Gasteiger charge is 2.43. The maximum absolute atomic E-state index is 12.5. The summed E-state index contributed by atoms with van der Waals surface area (Å²) < 4.78 is 10.4. The van der Waals surface area contributed by atoms with Gasteiger partial charge in [0.2, 0.25) is 0 Å². The van der Waals surface area contributed by atoms with Gasteiger partial charge in [-0.2, -0.15) is 0 Å². The van der Waals surface area contributed by atoms with Crippen molar-refractivity contribution < 1.29 is 19.1 Å². The molecule has 1 fully saturated rings. The SMILES string of the molecule is COC(=O)[C@H]1CCN(C(=O)OC(C)(C)C)[C@H]1c1ccccc1. The van der Waals surface area contributed by atoms with Crippen molar-refractivity contribution in [2.24, 2.45) is 5.92 Å². The molecule has 1 aromatic carbocycles. The zero-order valence-electron chi connectivity index (χ0n) is 13.5. The topological polar surface area (TPSA) is 55.8 Å². The number of nitrogens with zero attached hydrogens (tertiary/aromatic N) is 1. The molecule has 2 rings (SSSR count). The van der Waals surface area contributed by atoms with E-state index in [-0.39, 0.29) is 17.9 Å². The van der Waals surface area contributed by atoms with E-state index in [1.807, 2.05) is 51.1 Å². The summed E-state index contributed by atoms with van der Waals surface area (Å²) in [6.45, 7) is 5.97. The standard InChI is InChI=1S/C17H23NO4/c1-17(2,3)22-16(20)18-11-10-13(15(19)21-4)14(18)12-8-6-5-7-9-12/h5-9,13-14H,10-11H2,1-4H3/t13-,14-/m0/s1. The summed E-state index contributed by atoms with van der Waals surface area (Å²) in [5.41, 5.74) is 0.350. The molecule has 0 N–H and O–H groups in total. The van der Waals surface area contributed by atoms with Crippen molar-refractivity contribution >= 4 is 12.1 Å². The maximum atomic E-state index is 12.5. The van der Waals surface area contributed by atoms with Crippen LogP contribution in [0.4, 0.5) is 4.79 Å². The van der Waals surface area contributed by atoms with Gasteiger partial charge in [-0.05, 0) is 32.8 Å². The largest absolute Gasteiger partial charge is 0.469 e. The van der Waals surface area contributed by atoms with E-state index in [1.54, 1.807) is 4.90 Å². The quantitative estimate of drug-likeness (QED) is 0.788. The first-order valence-electron chi connectivity index (χ1n) is 7.46. The molecule has 120 valence electrons. The highest BCUT2D eigenvalue weighted by molar-refractivity contribution is 5.77. The van der Waals surface area contributed by atoms with E-state index < -0.39 is 11.7 Å². The summed E-state index contributed by atoms with van der Waals surface area (Å²) in [5, 5.41) is 0. The molecule has 0 aliphatic carbocycles. The first kappa shape index (κ1) is 16.3. The molecule has 5 nitrogen and oxygen atoms in total. The van der Waals surface area contributed by atoms with Gasteiger partial charge in [0.25, 0.3) is 0 Å². The van der Waals surface area contributed by atoms with Crippen molar-refractivity contribution in [3.05, 3.63) is 35.9 Å². The van der Waals surface area contributed by atoms with Crippen LogP contribution in [-0.2, 0) is 14.3 Å². The lowest BCUT2D eigenvalue weighted by Crippen LogP contribution is -2.38. The average molecular weight is 305 g/mol. The average Bonchev–Trinajstić information content (AvgIpc) is 2.90. The zero-order chi connectivity index (χ0) is 16.3. The molecule has 0 unspecified atom stereocenters. The Balaban J connectivity index is 2.29. The third kappa shape index (κ3) is 3.59. The van der Waals surface area contributed by atoms with Gasteiger partial charge in [-0.1, -0.05) is 30.3 Å². The van der Waals surface area contributed by atoms with Crippen LogP contribution in [0.15, 0.2) is 30.3 Å². The van der Waals surface area contributed by atoms with E-state index in [0.29, 0.717) is 13.0 Å². The number of benzene rings is 1. The van der Waals surface area contributed by atoms with E-state index in [2.05, 4.69) is 0 Å². The number of hydrogen-bond acceptors (Lipinski definition) is 4. The Labute approximate surface area is 131 Å². The third-order valence-electron chi connectivity index (χ3n) is 3.67. The van der Waals surface area contributed by atoms with Crippen molar-refractivity contribution in [3.8, 4) is 0 Å². The number of methoxy groups -OCH3 is 1. The van der Waals surface area contributed by atoms with Crippen LogP contribution in [0.2, 0.25) is 0 Å². The van der Waals surface area contributed by atoms with E-state index in [9.17, 15) is 9.59 Å². The fourth-order valence-electron chi connectivity index (χ4n) is 2.78. The summed E-state index contributed by atoms with van der Waals surface area (Å²) in [7, 11) is 1.38. The molecule has 0 spiro atoms. The normalized spacial score (nSPS) is 21.5. The van der Waals surface area contributed by atoms with Crippen LogP contribution in [0.25, 0.3) is 0 Å². The minimum Gasteiger partial charge on any atom is -0.469 e. The van der Waals surface area contributed by atoms with Gasteiger partial charge in [-0.25, -0.2) is 4.79 Å². The predicted octanol–water partition coefficient (Wildman–Crippen LogP) is 3.16. The molecule has 0 bridgehead atoms. The lowest BCUT2D eigenvalue weighted by Gasteiger charge is -2.30. The number of hydrogen-bond donors (Lipinski definition) is 0. The molecule has 5 heteroatoms. The second-order valence-electron chi connectivity index (χ2n) is 6.45. The Morgan fingerprint density at radius 3 is 2.36 bits per heavy atom. The summed E-state index contributed by atoms with van der Waals surface area (Å²) in [4.78, 5) is 26.1. The number of likely N-dealkylation sites (tertiary alicyclic amines) is 1. The fourth-order valence-corrected chi connectivity index (χ4v) is 2.78. The Morgan fingerprint density at radius 2 is 1.82 bits per heavy atom. The third-order valence-corrected chi connectivity index (χ3v) is 3.67. The van der Waals surface area contributed by atoms with Gasteiger partial charge in [-0.3, -0.25) is 4.79 Å². The minimum absolute atomic E-state index is 0.292. The Bertz CT molecular complexity index is 535. The molecular formula is C17H23NO4. The van der Waals surface area contributed by atoms with Crippen LogP contribution in [0.5, 0.6) is 0 Å². The second kappa shape index (κ2) is 6.38. The van der Waals surface area contributed by atoms with Gasteiger partial charge >= 0.3 is 12.1 Å². The molecule has 1 heterocycles. The van der Waals surface area contributed by atoms with Crippen molar-refractivity contribution in [1.29, 1.82) is 0 Å². The molecule has 0 saturated carbocycles. The Morgan fingerprint density at radius 1 is 1.18 bits per heavy atom. The van der Waals surface area contributed by atoms with Crippen LogP contribution in [0.1, 0.15) is 38.8 Å². The molecule has 1 saturated heterocycles. The molecule has 1 aromatic rings. The van der Waals surface area contributed by atoms with E-state index >= 15 is 0 Å². The summed E-state index contributed by atoms with van der Waals surface area (Å²) in [6.07, 6.45) is 0.179. The first-order chi connectivity index (χ1) is 10.3. The Hall–Kier alpha value is -2.04. The molecule has 0 aromatic heterocycles. The summed E-state index contributed by atoms with van der Waals surface area (Å²) in [6, 6.07) is 9.20. The monoisotopic (exact) mass is 305 g/mol. The molecular weight excluding hydrogens is 282 g/mol. The smallest absolute Gasteiger partial charge is 0.410 e. The van der Waals surface area contributed by atoms with Gasteiger partial charge in [0.1, 0.15) is 5.60 Å². The van der Waals surface area contributed by atoms with Crippen molar-refractivity contribution in [1.82, 2.24) is 4.90 Å². The molecule has 22 heavy (non-hydrogen) atoms. The van der Waals surface area contributed by atoms with Crippen LogP contribution in [0, 0.1) is 5.92 Å². The van der Waals surface area contributed by atoms with Gasteiger partial charge in [0.05, 0.1) is 19.1 Å². The van der Waals surface area contributed by atoms with Gasteiger partial charge in [-0.15, -0.1) is 0 Å². The summed E-state index contributed by atoms with van der Waals surface area (Å²) >= 11 is 0. The molecule has 1 amide bonds. The highest BCUT2D eigenvalue weighted by atomic mass is 16.6. The molecule has 1 aliphatic rings. The molecule has 1 aliphatic heterocycles. The lowest BCUT2D eigenvalue weighted by molar-refractivity contribution is -0.146. The minimum atomic E-state index is -0.568. The number of carbonyl (C=O) groups is 2. The lowest BCUT2D eigenvalue weighted by atomic mass is 9.94.